The second-order valence-corrected chi connectivity index (χ2v) is 4.94. The first kappa shape index (κ1) is 15.8. The van der Waals surface area contributed by atoms with Gasteiger partial charge in [-0.15, -0.1) is 13.2 Å². The topological polar surface area (TPSA) is 51.2 Å². The summed E-state index contributed by atoms with van der Waals surface area (Å²) in [4.78, 5) is 16.4. The number of carbonyl (C=O) groups is 1. The number of fused-ring (bicyclic) bond motifs is 1. The average molecular weight is 332 g/mol. The van der Waals surface area contributed by atoms with Crippen molar-refractivity contribution in [2.24, 2.45) is 0 Å². The number of hydrogen-bond acceptors (Lipinski definition) is 3. The monoisotopic (exact) mass is 332 g/mol. The van der Waals surface area contributed by atoms with Crippen molar-refractivity contribution in [3.63, 3.8) is 0 Å². The van der Waals surface area contributed by atoms with Crippen molar-refractivity contribution in [2.75, 3.05) is 5.32 Å². The number of halogens is 3. The third-order valence-corrected chi connectivity index (χ3v) is 3.20. The molecule has 3 aromatic rings. The molecule has 0 atom stereocenters. The lowest BCUT2D eigenvalue weighted by Crippen LogP contribution is -2.17. The zero-order valence-corrected chi connectivity index (χ0v) is 12.2. The van der Waals surface area contributed by atoms with E-state index in [0.29, 0.717) is 5.69 Å². The fraction of sp³-hybridized carbons (Fsp3) is 0.0588. The third-order valence-electron chi connectivity index (χ3n) is 3.20. The number of ether oxygens (including phenoxy) is 1. The summed E-state index contributed by atoms with van der Waals surface area (Å²) in [5.41, 5.74) is 1.50. The van der Waals surface area contributed by atoms with Crippen LogP contribution in [0.5, 0.6) is 5.75 Å². The van der Waals surface area contributed by atoms with E-state index in [9.17, 15) is 18.0 Å². The average Bonchev–Trinajstić information content (AvgIpc) is 2.54. The number of carbonyl (C=O) groups excluding carboxylic acids is 1. The van der Waals surface area contributed by atoms with Gasteiger partial charge in [-0.1, -0.05) is 18.2 Å². The Labute approximate surface area is 134 Å². The highest BCUT2D eigenvalue weighted by Crippen LogP contribution is 2.23. The number of pyridine rings is 1. The first-order valence-corrected chi connectivity index (χ1v) is 6.93. The van der Waals surface area contributed by atoms with Gasteiger partial charge in [0, 0.05) is 10.9 Å². The van der Waals surface area contributed by atoms with Crippen molar-refractivity contribution in [1.29, 1.82) is 0 Å². The molecular formula is C17H11F3N2O2. The van der Waals surface area contributed by atoms with Crippen molar-refractivity contribution in [3.8, 4) is 5.75 Å². The van der Waals surface area contributed by atoms with Crippen LogP contribution in [-0.2, 0) is 0 Å². The van der Waals surface area contributed by atoms with Crippen molar-refractivity contribution in [3.05, 3.63) is 66.4 Å². The minimum atomic E-state index is -4.76. The second-order valence-electron chi connectivity index (χ2n) is 4.94. The Bertz CT molecular complexity index is 877. The van der Waals surface area contributed by atoms with Gasteiger partial charge in [-0.3, -0.25) is 9.78 Å². The molecule has 3 rings (SSSR count). The molecule has 1 amide bonds. The van der Waals surface area contributed by atoms with Crippen LogP contribution < -0.4 is 10.1 Å². The number of alkyl halides is 3. The number of anilines is 1. The lowest BCUT2D eigenvalue weighted by Gasteiger charge is -2.09. The van der Waals surface area contributed by atoms with Gasteiger partial charge in [0.1, 0.15) is 5.75 Å². The molecule has 0 aliphatic heterocycles. The van der Waals surface area contributed by atoms with Gasteiger partial charge in [-0.25, -0.2) is 0 Å². The van der Waals surface area contributed by atoms with Crippen molar-refractivity contribution < 1.29 is 22.7 Å². The van der Waals surface area contributed by atoms with Gasteiger partial charge in [0.15, 0.2) is 0 Å². The molecule has 0 bridgehead atoms. The first-order valence-electron chi connectivity index (χ1n) is 6.93. The van der Waals surface area contributed by atoms with Crippen LogP contribution in [0.1, 0.15) is 10.4 Å². The number of benzene rings is 2. The summed E-state index contributed by atoms with van der Waals surface area (Å²) in [6.07, 6.45) is -3.25. The summed E-state index contributed by atoms with van der Waals surface area (Å²) in [6, 6.07) is 13.9. The summed E-state index contributed by atoms with van der Waals surface area (Å²) >= 11 is 0. The number of para-hydroxylation sites is 1. The zero-order chi connectivity index (χ0) is 17.2. The maximum atomic E-state index is 12.1. The molecule has 4 nitrogen and oxygen atoms in total. The Morgan fingerprint density at radius 3 is 2.46 bits per heavy atom. The zero-order valence-electron chi connectivity index (χ0n) is 12.2. The van der Waals surface area contributed by atoms with Crippen LogP contribution in [0.2, 0.25) is 0 Å². The SMILES string of the molecule is O=C(Nc1cnc2ccccc2c1)c1ccc(OC(F)(F)F)cc1. The van der Waals surface area contributed by atoms with Crippen LogP contribution in [0.15, 0.2) is 60.8 Å². The van der Waals surface area contributed by atoms with Gasteiger partial charge in [-0.05, 0) is 36.4 Å². The number of amides is 1. The van der Waals surface area contributed by atoms with Gasteiger partial charge < -0.3 is 10.1 Å². The Morgan fingerprint density at radius 2 is 1.75 bits per heavy atom. The summed E-state index contributed by atoms with van der Waals surface area (Å²) in [5.74, 6) is -0.836. The fourth-order valence-electron chi connectivity index (χ4n) is 2.15. The minimum absolute atomic E-state index is 0.206. The quantitative estimate of drug-likeness (QED) is 0.774. The molecule has 0 spiro atoms. The maximum absolute atomic E-state index is 12.1. The summed E-state index contributed by atoms with van der Waals surface area (Å²) in [5, 5.41) is 3.52. The highest BCUT2D eigenvalue weighted by molar-refractivity contribution is 6.04. The molecule has 0 saturated carbocycles. The molecule has 122 valence electrons. The van der Waals surface area contributed by atoms with E-state index in [1.54, 1.807) is 6.07 Å². The summed E-state index contributed by atoms with van der Waals surface area (Å²) in [6.45, 7) is 0. The summed E-state index contributed by atoms with van der Waals surface area (Å²) < 4.78 is 40.1. The minimum Gasteiger partial charge on any atom is -0.406 e. The van der Waals surface area contributed by atoms with E-state index in [2.05, 4.69) is 15.0 Å². The van der Waals surface area contributed by atoms with E-state index in [1.807, 2.05) is 24.3 Å². The van der Waals surface area contributed by atoms with Crippen LogP contribution in [0.25, 0.3) is 10.9 Å². The predicted molar refractivity (Wildman–Crippen MR) is 82.8 cm³/mol. The van der Waals surface area contributed by atoms with Crippen molar-refractivity contribution in [2.45, 2.75) is 6.36 Å². The van der Waals surface area contributed by atoms with Crippen LogP contribution in [-0.4, -0.2) is 17.3 Å². The molecule has 0 aliphatic rings. The predicted octanol–water partition coefficient (Wildman–Crippen LogP) is 4.39. The molecule has 1 aromatic heterocycles. The van der Waals surface area contributed by atoms with E-state index in [1.165, 1.54) is 18.3 Å². The van der Waals surface area contributed by atoms with Crippen LogP contribution >= 0.6 is 0 Å². The van der Waals surface area contributed by atoms with Crippen molar-refractivity contribution >= 4 is 22.5 Å². The Kier molecular flexibility index (Phi) is 4.07. The Morgan fingerprint density at radius 1 is 1.04 bits per heavy atom. The molecule has 1 heterocycles. The standard InChI is InChI=1S/C17H11F3N2O2/c18-17(19,20)24-14-7-5-11(6-8-14)16(23)22-13-9-12-3-1-2-4-15(12)21-10-13/h1-10H,(H,22,23). The van der Waals surface area contributed by atoms with E-state index in [-0.39, 0.29) is 11.3 Å². The molecule has 0 aliphatic carbocycles. The fourth-order valence-corrected chi connectivity index (χ4v) is 2.15. The smallest absolute Gasteiger partial charge is 0.406 e. The molecule has 0 unspecified atom stereocenters. The van der Waals surface area contributed by atoms with E-state index >= 15 is 0 Å². The van der Waals surface area contributed by atoms with Gasteiger partial charge in [-0.2, -0.15) is 0 Å². The van der Waals surface area contributed by atoms with Gasteiger partial charge in [0.2, 0.25) is 0 Å². The molecule has 2 aromatic carbocycles. The van der Waals surface area contributed by atoms with Crippen LogP contribution in [0.3, 0.4) is 0 Å². The first-order chi connectivity index (χ1) is 11.4. The molecule has 24 heavy (non-hydrogen) atoms. The van der Waals surface area contributed by atoms with Crippen LogP contribution in [0, 0.1) is 0 Å². The number of rotatable bonds is 3. The van der Waals surface area contributed by atoms with E-state index in [0.717, 1.165) is 23.0 Å². The molecule has 0 radical (unpaired) electrons. The number of aromatic nitrogens is 1. The van der Waals surface area contributed by atoms with Gasteiger partial charge in [0.05, 0.1) is 17.4 Å². The Hall–Kier alpha value is -3.09. The second kappa shape index (κ2) is 6.19. The molecule has 0 fully saturated rings. The van der Waals surface area contributed by atoms with Crippen LogP contribution in [0.4, 0.5) is 18.9 Å². The number of nitrogens with zero attached hydrogens (tertiary/aromatic N) is 1. The summed E-state index contributed by atoms with van der Waals surface area (Å²) in [7, 11) is 0. The van der Waals surface area contributed by atoms with Gasteiger partial charge >= 0.3 is 6.36 Å². The number of nitrogens with one attached hydrogen (secondary N) is 1. The molecule has 1 N–H and O–H groups in total. The normalized spacial score (nSPS) is 11.3. The maximum Gasteiger partial charge on any atom is 0.573 e. The lowest BCUT2D eigenvalue weighted by atomic mass is 10.2. The highest BCUT2D eigenvalue weighted by Gasteiger charge is 2.31. The van der Waals surface area contributed by atoms with E-state index < -0.39 is 12.3 Å². The Balaban J connectivity index is 1.73. The highest BCUT2D eigenvalue weighted by atomic mass is 19.4. The van der Waals surface area contributed by atoms with Gasteiger partial charge in [0.25, 0.3) is 5.91 Å². The lowest BCUT2D eigenvalue weighted by molar-refractivity contribution is -0.274. The third kappa shape index (κ3) is 3.81. The molecular weight excluding hydrogens is 321 g/mol. The molecule has 7 heteroatoms. The molecule has 0 saturated heterocycles. The van der Waals surface area contributed by atoms with E-state index in [4.69, 9.17) is 0 Å². The largest absolute Gasteiger partial charge is 0.573 e. The number of hydrogen-bond donors (Lipinski definition) is 1. The van der Waals surface area contributed by atoms with Crippen molar-refractivity contribution in [1.82, 2.24) is 4.98 Å².